The summed E-state index contributed by atoms with van der Waals surface area (Å²) in [5.41, 5.74) is 2.51. The number of hydrogen-bond acceptors (Lipinski definition) is 7. The van der Waals surface area contributed by atoms with Crippen LogP contribution in [-0.2, 0) is 11.2 Å². The monoisotopic (exact) mass is 478 g/mol. The van der Waals surface area contributed by atoms with Crippen LogP contribution in [0.25, 0.3) is 11.1 Å². The number of carbonyl (C=O) groups is 2. The first-order valence-corrected chi connectivity index (χ1v) is 10.8. The molecular weight excluding hydrogens is 452 g/mol. The van der Waals surface area contributed by atoms with Crippen molar-refractivity contribution in [2.24, 2.45) is 0 Å². The first-order valence-electron chi connectivity index (χ1n) is 10.4. The number of hydrogen-bond donors (Lipinski definition) is 6. The molecule has 0 aliphatic carbocycles. The Bertz CT molecular complexity index is 996. The van der Waals surface area contributed by atoms with E-state index in [4.69, 9.17) is 16.3 Å². The molecule has 0 radical (unpaired) electrons. The molecule has 0 aromatic heterocycles. The molecule has 1 saturated heterocycles. The molecule has 2 aromatic carbocycles. The number of benzene rings is 2. The van der Waals surface area contributed by atoms with Crippen LogP contribution in [0.1, 0.15) is 26.3 Å². The maximum absolute atomic E-state index is 12.2. The fraction of sp³-hybridized carbons (Fsp3) is 0.391. The maximum Gasteiger partial charge on any atom is 0.251 e. The lowest BCUT2D eigenvalue weighted by molar-refractivity contribution is -0.228. The molecule has 1 fully saturated rings. The Labute approximate surface area is 196 Å². The zero-order valence-corrected chi connectivity index (χ0v) is 18.9. The molecule has 3 rings (SSSR count). The molecule has 0 spiro atoms. The molecule has 10 heteroatoms. The molecule has 9 nitrogen and oxygen atoms in total. The number of amides is 2. The Morgan fingerprint density at radius 1 is 0.879 bits per heavy atom. The fourth-order valence-electron chi connectivity index (χ4n) is 3.80. The van der Waals surface area contributed by atoms with Gasteiger partial charge in [0.05, 0.1) is 12.7 Å². The second kappa shape index (κ2) is 10.6. The molecule has 2 amide bonds. The van der Waals surface area contributed by atoms with Crippen molar-refractivity contribution < 1.29 is 34.8 Å². The summed E-state index contributed by atoms with van der Waals surface area (Å²) >= 11 is 6.48. The molecule has 1 heterocycles. The fourth-order valence-corrected chi connectivity index (χ4v) is 4.06. The lowest BCUT2D eigenvalue weighted by Gasteiger charge is -2.40. The van der Waals surface area contributed by atoms with Gasteiger partial charge in [0.25, 0.3) is 11.8 Å². The summed E-state index contributed by atoms with van der Waals surface area (Å²) in [6, 6.07) is 9.92. The minimum absolute atomic E-state index is 0.127. The Morgan fingerprint density at radius 2 is 1.45 bits per heavy atom. The number of halogens is 1. The van der Waals surface area contributed by atoms with E-state index >= 15 is 0 Å². The lowest BCUT2D eigenvalue weighted by Crippen LogP contribution is -2.59. The van der Waals surface area contributed by atoms with Gasteiger partial charge < -0.3 is 35.8 Å². The van der Waals surface area contributed by atoms with Crippen molar-refractivity contribution in [3.8, 4) is 11.1 Å². The predicted octanol–water partition coefficient (Wildman–Crippen LogP) is 0.111. The summed E-state index contributed by atoms with van der Waals surface area (Å²) in [5, 5.41) is 45.0. The van der Waals surface area contributed by atoms with E-state index in [1.54, 1.807) is 30.3 Å². The zero-order chi connectivity index (χ0) is 24.3. The highest BCUT2D eigenvalue weighted by Gasteiger charge is 2.43. The first-order chi connectivity index (χ1) is 15.7. The molecule has 2 aromatic rings. The minimum Gasteiger partial charge on any atom is -0.394 e. The van der Waals surface area contributed by atoms with Crippen LogP contribution in [0.3, 0.4) is 0 Å². The van der Waals surface area contributed by atoms with Gasteiger partial charge in [-0.2, -0.15) is 0 Å². The molecule has 0 bridgehead atoms. The van der Waals surface area contributed by atoms with E-state index in [2.05, 4.69) is 10.6 Å². The van der Waals surface area contributed by atoms with Gasteiger partial charge in [-0.1, -0.05) is 23.7 Å². The lowest BCUT2D eigenvalue weighted by atomic mass is 9.91. The molecule has 0 saturated carbocycles. The highest BCUT2D eigenvalue weighted by molar-refractivity contribution is 6.31. The Morgan fingerprint density at radius 3 is 1.97 bits per heavy atom. The van der Waals surface area contributed by atoms with Crippen molar-refractivity contribution in [2.45, 2.75) is 36.9 Å². The van der Waals surface area contributed by atoms with E-state index in [9.17, 15) is 30.0 Å². The van der Waals surface area contributed by atoms with Crippen molar-refractivity contribution in [1.82, 2.24) is 10.6 Å². The molecule has 33 heavy (non-hydrogen) atoms. The SMILES string of the molecule is CNC(=O)c1cc(C(=O)NC)cc(-c2ccc(CC3OC(CO)C(O)C(O)C3O)c(Cl)c2)c1. The Hall–Kier alpha value is -2.53. The number of aliphatic hydroxyl groups is 4. The first kappa shape index (κ1) is 25.1. The standard InChI is InChI=1S/C23H27ClN2O7/c1-25-22(31)14-5-13(6-15(7-14)23(32)26-2)11-3-4-12(16(24)8-11)9-17-19(28)21(30)20(29)18(10-27)33-17/h3-8,17-21,27-30H,9-10H2,1-2H3,(H,25,31)(H,26,32). The normalized spacial score (nSPS) is 24.9. The van der Waals surface area contributed by atoms with E-state index in [0.29, 0.717) is 32.8 Å². The second-order valence-electron chi connectivity index (χ2n) is 7.83. The van der Waals surface area contributed by atoms with Crippen LogP contribution in [0.2, 0.25) is 5.02 Å². The van der Waals surface area contributed by atoms with Crippen LogP contribution < -0.4 is 10.6 Å². The van der Waals surface area contributed by atoms with E-state index in [1.807, 2.05) is 0 Å². The molecule has 1 aliphatic rings. The molecular formula is C23H27ClN2O7. The van der Waals surface area contributed by atoms with Crippen LogP contribution in [0.15, 0.2) is 36.4 Å². The van der Waals surface area contributed by atoms with Gasteiger partial charge in [0, 0.05) is 36.7 Å². The van der Waals surface area contributed by atoms with Crippen LogP contribution in [0.5, 0.6) is 0 Å². The number of ether oxygens (including phenoxy) is 1. The largest absolute Gasteiger partial charge is 0.394 e. The van der Waals surface area contributed by atoms with Crippen molar-refractivity contribution in [3.63, 3.8) is 0 Å². The van der Waals surface area contributed by atoms with Gasteiger partial charge >= 0.3 is 0 Å². The predicted molar refractivity (Wildman–Crippen MR) is 121 cm³/mol. The second-order valence-corrected chi connectivity index (χ2v) is 8.24. The average molecular weight is 479 g/mol. The van der Waals surface area contributed by atoms with E-state index in [0.717, 1.165) is 0 Å². The quantitative estimate of drug-likeness (QED) is 0.345. The van der Waals surface area contributed by atoms with Crippen molar-refractivity contribution >= 4 is 23.4 Å². The summed E-state index contributed by atoms with van der Waals surface area (Å²) < 4.78 is 5.56. The smallest absolute Gasteiger partial charge is 0.251 e. The van der Waals surface area contributed by atoms with Gasteiger partial charge in [0.1, 0.15) is 24.4 Å². The van der Waals surface area contributed by atoms with Crippen LogP contribution in [-0.4, -0.2) is 83.5 Å². The van der Waals surface area contributed by atoms with Gasteiger partial charge in [0.15, 0.2) is 0 Å². The van der Waals surface area contributed by atoms with Gasteiger partial charge in [-0.25, -0.2) is 0 Å². The zero-order valence-electron chi connectivity index (χ0n) is 18.2. The summed E-state index contributed by atoms with van der Waals surface area (Å²) in [5.74, 6) is -0.681. The maximum atomic E-state index is 12.2. The molecule has 1 aliphatic heterocycles. The van der Waals surface area contributed by atoms with Crippen molar-refractivity contribution in [3.05, 3.63) is 58.1 Å². The van der Waals surface area contributed by atoms with Gasteiger partial charge in [-0.3, -0.25) is 9.59 Å². The highest BCUT2D eigenvalue weighted by atomic mass is 35.5. The molecule has 6 N–H and O–H groups in total. The molecule has 5 atom stereocenters. The molecule has 178 valence electrons. The van der Waals surface area contributed by atoms with E-state index in [-0.39, 0.29) is 18.2 Å². The summed E-state index contributed by atoms with van der Waals surface area (Å²) in [6.45, 7) is -0.510. The highest BCUT2D eigenvalue weighted by Crippen LogP contribution is 2.31. The third-order valence-corrected chi connectivity index (χ3v) is 6.06. The van der Waals surface area contributed by atoms with Crippen LogP contribution >= 0.6 is 11.6 Å². The average Bonchev–Trinajstić information content (AvgIpc) is 2.83. The Kier molecular flexibility index (Phi) is 8.06. The summed E-state index contributed by atoms with van der Waals surface area (Å²) in [7, 11) is 3.00. The van der Waals surface area contributed by atoms with E-state index < -0.39 is 37.1 Å². The Balaban J connectivity index is 1.90. The van der Waals surface area contributed by atoms with Gasteiger partial charge in [-0.05, 0) is 41.0 Å². The third kappa shape index (κ3) is 5.35. The minimum atomic E-state index is -1.46. The molecule has 5 unspecified atom stereocenters. The summed E-state index contributed by atoms with van der Waals surface area (Å²) in [6.07, 6.45) is -6.02. The number of nitrogens with one attached hydrogen (secondary N) is 2. The van der Waals surface area contributed by atoms with Crippen molar-refractivity contribution in [1.29, 1.82) is 0 Å². The van der Waals surface area contributed by atoms with Crippen molar-refractivity contribution in [2.75, 3.05) is 20.7 Å². The third-order valence-electron chi connectivity index (χ3n) is 5.71. The number of rotatable bonds is 6. The van der Waals surface area contributed by atoms with Crippen LogP contribution in [0.4, 0.5) is 0 Å². The number of carbonyl (C=O) groups excluding carboxylic acids is 2. The van der Waals surface area contributed by atoms with E-state index in [1.165, 1.54) is 20.2 Å². The van der Waals surface area contributed by atoms with Gasteiger partial charge in [-0.15, -0.1) is 0 Å². The van der Waals surface area contributed by atoms with Gasteiger partial charge in [0.2, 0.25) is 0 Å². The summed E-state index contributed by atoms with van der Waals surface area (Å²) in [4.78, 5) is 24.3. The van der Waals surface area contributed by atoms with Crippen LogP contribution in [0, 0.1) is 0 Å². The number of aliphatic hydroxyl groups excluding tert-OH is 4. The topological polar surface area (TPSA) is 148 Å².